The lowest BCUT2D eigenvalue weighted by atomic mass is 9.98. The number of anilines is 1. The van der Waals surface area contributed by atoms with Crippen LogP contribution >= 0.6 is 12.2 Å². The van der Waals surface area contributed by atoms with E-state index in [1.807, 2.05) is 30.3 Å². The number of halogens is 1. The highest BCUT2D eigenvalue weighted by molar-refractivity contribution is 7.80. The van der Waals surface area contributed by atoms with Crippen molar-refractivity contribution in [1.82, 2.24) is 10.7 Å². The summed E-state index contributed by atoms with van der Waals surface area (Å²) in [6.45, 7) is 2.06. The van der Waals surface area contributed by atoms with Crippen molar-refractivity contribution in [2.24, 2.45) is 0 Å². The molecule has 0 aliphatic carbocycles. The van der Waals surface area contributed by atoms with Crippen molar-refractivity contribution in [3.05, 3.63) is 66.0 Å². The van der Waals surface area contributed by atoms with Gasteiger partial charge in [-0.15, -0.1) is 0 Å². The Bertz CT molecular complexity index is 662. The molecular formula is C16H16FN3S. The molecule has 1 aliphatic heterocycles. The molecule has 5 heteroatoms. The lowest BCUT2D eigenvalue weighted by Gasteiger charge is -2.29. The molecule has 21 heavy (non-hydrogen) atoms. The van der Waals surface area contributed by atoms with Crippen LogP contribution in [-0.4, -0.2) is 5.11 Å². The number of hydrogen-bond acceptors (Lipinski definition) is 2. The zero-order valence-electron chi connectivity index (χ0n) is 11.6. The van der Waals surface area contributed by atoms with Crippen molar-refractivity contribution >= 4 is 23.0 Å². The summed E-state index contributed by atoms with van der Waals surface area (Å²) in [5.74, 6) is -0.311. The second-order valence-corrected chi connectivity index (χ2v) is 5.34. The third-order valence-electron chi connectivity index (χ3n) is 3.72. The van der Waals surface area contributed by atoms with Crippen molar-refractivity contribution in [1.29, 1.82) is 0 Å². The van der Waals surface area contributed by atoms with E-state index in [1.165, 1.54) is 6.07 Å². The van der Waals surface area contributed by atoms with E-state index in [1.54, 1.807) is 23.2 Å². The maximum atomic E-state index is 14.0. The number of benzene rings is 2. The minimum atomic E-state index is -0.513. The standard InChI is InChI=1S/C16H16FN3S/c1-2-16(12-8-4-3-5-9-12)18-15(21)20(19-16)14-11-7-6-10-13(14)17/h3-11,19H,2H2,1H3,(H,18,21)/t16-/m0/s1. The summed E-state index contributed by atoms with van der Waals surface area (Å²) in [7, 11) is 0. The Balaban J connectivity index is 1.99. The molecule has 1 saturated heterocycles. The molecule has 0 spiro atoms. The van der Waals surface area contributed by atoms with E-state index >= 15 is 0 Å². The van der Waals surface area contributed by atoms with Crippen LogP contribution in [0.15, 0.2) is 54.6 Å². The van der Waals surface area contributed by atoms with E-state index < -0.39 is 5.66 Å². The van der Waals surface area contributed by atoms with E-state index in [0.717, 1.165) is 12.0 Å². The highest BCUT2D eigenvalue weighted by Gasteiger charge is 2.41. The average molecular weight is 301 g/mol. The lowest BCUT2D eigenvalue weighted by molar-refractivity contribution is 0.336. The molecule has 108 valence electrons. The monoisotopic (exact) mass is 301 g/mol. The minimum absolute atomic E-state index is 0.311. The fraction of sp³-hybridized carbons (Fsp3) is 0.188. The van der Waals surface area contributed by atoms with Crippen molar-refractivity contribution in [2.75, 3.05) is 5.01 Å². The van der Waals surface area contributed by atoms with Crippen LogP contribution in [-0.2, 0) is 5.66 Å². The van der Waals surface area contributed by atoms with Gasteiger partial charge >= 0.3 is 0 Å². The summed E-state index contributed by atoms with van der Waals surface area (Å²) in [6, 6.07) is 16.5. The average Bonchev–Trinajstić information content (AvgIpc) is 2.87. The molecule has 0 bridgehead atoms. The maximum Gasteiger partial charge on any atom is 0.190 e. The van der Waals surface area contributed by atoms with Gasteiger partial charge in [0.15, 0.2) is 5.11 Å². The number of hydrogen-bond donors (Lipinski definition) is 2. The summed E-state index contributed by atoms with van der Waals surface area (Å²) in [4.78, 5) is 0. The molecule has 0 saturated carbocycles. The lowest BCUT2D eigenvalue weighted by Crippen LogP contribution is -2.48. The van der Waals surface area contributed by atoms with Crippen LogP contribution in [0.4, 0.5) is 10.1 Å². The van der Waals surface area contributed by atoms with Crippen LogP contribution in [0.3, 0.4) is 0 Å². The van der Waals surface area contributed by atoms with E-state index in [2.05, 4.69) is 17.7 Å². The van der Waals surface area contributed by atoms with Gasteiger partial charge in [-0.3, -0.25) is 0 Å². The first-order chi connectivity index (χ1) is 10.2. The molecule has 2 aromatic rings. The molecule has 2 N–H and O–H groups in total. The van der Waals surface area contributed by atoms with E-state index in [-0.39, 0.29) is 5.82 Å². The molecule has 2 aromatic carbocycles. The quantitative estimate of drug-likeness (QED) is 0.851. The Morgan fingerprint density at radius 3 is 2.43 bits per heavy atom. The second-order valence-electron chi connectivity index (χ2n) is 4.95. The highest BCUT2D eigenvalue weighted by atomic mass is 32.1. The van der Waals surface area contributed by atoms with Gasteiger partial charge in [0.25, 0.3) is 0 Å². The molecular weight excluding hydrogens is 285 g/mol. The van der Waals surface area contributed by atoms with Gasteiger partial charge in [-0.25, -0.2) is 9.40 Å². The number of nitrogens with zero attached hydrogens (tertiary/aromatic N) is 1. The Morgan fingerprint density at radius 1 is 1.10 bits per heavy atom. The Labute approximate surface area is 128 Å². The van der Waals surface area contributed by atoms with Gasteiger partial charge in [-0.2, -0.15) is 5.43 Å². The van der Waals surface area contributed by atoms with Gasteiger partial charge in [-0.05, 0) is 36.3 Å². The smallest absolute Gasteiger partial charge is 0.190 e. The number of hydrazine groups is 1. The third kappa shape index (κ3) is 2.39. The van der Waals surface area contributed by atoms with Crippen molar-refractivity contribution in [3.8, 4) is 0 Å². The van der Waals surface area contributed by atoms with Gasteiger partial charge in [-0.1, -0.05) is 49.4 Å². The van der Waals surface area contributed by atoms with Crippen LogP contribution < -0.4 is 15.8 Å². The van der Waals surface area contributed by atoms with Gasteiger partial charge in [0, 0.05) is 0 Å². The van der Waals surface area contributed by atoms with Crippen LogP contribution in [0.25, 0.3) is 0 Å². The zero-order chi connectivity index (χ0) is 14.9. The largest absolute Gasteiger partial charge is 0.338 e. The summed E-state index contributed by atoms with van der Waals surface area (Å²) >= 11 is 5.38. The Morgan fingerprint density at radius 2 is 1.76 bits per heavy atom. The van der Waals surface area contributed by atoms with Gasteiger partial charge < -0.3 is 5.32 Å². The summed E-state index contributed by atoms with van der Waals surface area (Å²) < 4.78 is 14.0. The summed E-state index contributed by atoms with van der Waals surface area (Å²) in [5, 5.41) is 5.35. The van der Waals surface area contributed by atoms with E-state index in [9.17, 15) is 4.39 Å². The van der Waals surface area contributed by atoms with Crippen LogP contribution in [0.5, 0.6) is 0 Å². The van der Waals surface area contributed by atoms with Gasteiger partial charge in [0.05, 0.1) is 5.69 Å². The van der Waals surface area contributed by atoms with Crippen molar-refractivity contribution in [3.63, 3.8) is 0 Å². The van der Waals surface area contributed by atoms with Gasteiger partial charge in [0.1, 0.15) is 11.5 Å². The normalized spacial score (nSPS) is 21.4. The zero-order valence-corrected chi connectivity index (χ0v) is 12.5. The van der Waals surface area contributed by atoms with Crippen LogP contribution in [0.2, 0.25) is 0 Å². The van der Waals surface area contributed by atoms with Gasteiger partial charge in [0.2, 0.25) is 0 Å². The van der Waals surface area contributed by atoms with Crippen LogP contribution in [0.1, 0.15) is 18.9 Å². The number of rotatable bonds is 3. The molecule has 1 fully saturated rings. The fourth-order valence-corrected chi connectivity index (χ4v) is 2.86. The summed E-state index contributed by atoms with van der Waals surface area (Å²) in [6.07, 6.45) is 0.766. The predicted molar refractivity (Wildman–Crippen MR) is 86.2 cm³/mol. The molecule has 1 aliphatic rings. The number of nitrogens with one attached hydrogen (secondary N) is 2. The molecule has 1 atom stereocenters. The topological polar surface area (TPSA) is 27.3 Å². The van der Waals surface area contributed by atoms with Crippen molar-refractivity contribution in [2.45, 2.75) is 19.0 Å². The van der Waals surface area contributed by atoms with Crippen LogP contribution in [0, 0.1) is 5.82 Å². The Hall–Kier alpha value is -1.98. The first-order valence-electron chi connectivity index (χ1n) is 6.86. The predicted octanol–water partition coefficient (Wildman–Crippen LogP) is 3.29. The Kier molecular flexibility index (Phi) is 3.61. The molecule has 0 aromatic heterocycles. The SMILES string of the molecule is CC[C@]1(c2ccccc2)NC(=S)N(c2ccccc2F)N1. The number of para-hydroxylation sites is 1. The van der Waals surface area contributed by atoms with E-state index in [0.29, 0.717) is 10.8 Å². The molecule has 1 heterocycles. The molecule has 3 nitrogen and oxygen atoms in total. The molecule has 0 amide bonds. The number of thiocarbonyl (C=S) groups is 1. The minimum Gasteiger partial charge on any atom is -0.338 e. The summed E-state index contributed by atoms with van der Waals surface area (Å²) in [5.41, 5.74) is 4.29. The molecule has 0 unspecified atom stereocenters. The van der Waals surface area contributed by atoms with E-state index in [4.69, 9.17) is 12.2 Å². The molecule has 3 rings (SSSR count). The maximum absolute atomic E-state index is 14.0. The fourth-order valence-electron chi connectivity index (χ4n) is 2.54. The van der Waals surface area contributed by atoms with Crippen molar-refractivity contribution < 1.29 is 4.39 Å². The first-order valence-corrected chi connectivity index (χ1v) is 7.27. The second kappa shape index (κ2) is 5.42. The highest BCUT2D eigenvalue weighted by Crippen LogP contribution is 2.30. The molecule has 0 radical (unpaired) electrons. The first kappa shape index (κ1) is 14.0. The third-order valence-corrected chi connectivity index (χ3v) is 4.00.